The van der Waals surface area contributed by atoms with Gasteiger partial charge in [-0.3, -0.25) is 4.79 Å². The highest BCUT2D eigenvalue weighted by atomic mass is 16.1. The Morgan fingerprint density at radius 2 is 1.46 bits per heavy atom. The number of hydrogen-bond donors (Lipinski definition) is 3. The van der Waals surface area contributed by atoms with Crippen molar-refractivity contribution in [2.45, 2.75) is 6.92 Å². The molecule has 0 radical (unpaired) electrons. The van der Waals surface area contributed by atoms with Gasteiger partial charge in [-0.1, -0.05) is 36.4 Å². The van der Waals surface area contributed by atoms with Crippen LogP contribution in [-0.4, -0.2) is 15.9 Å². The van der Waals surface area contributed by atoms with Crippen molar-refractivity contribution in [1.82, 2.24) is 9.97 Å². The summed E-state index contributed by atoms with van der Waals surface area (Å²) in [5.41, 5.74) is 3.27. The number of carbonyl (C=O) groups is 1. The van der Waals surface area contributed by atoms with Gasteiger partial charge >= 0.3 is 0 Å². The Balaban J connectivity index is 1.69. The number of benzene rings is 3. The van der Waals surface area contributed by atoms with Crippen molar-refractivity contribution in [3.05, 3.63) is 78.9 Å². The van der Waals surface area contributed by atoms with Crippen LogP contribution in [0.1, 0.15) is 6.92 Å². The van der Waals surface area contributed by atoms with Crippen molar-refractivity contribution in [2.75, 3.05) is 16.0 Å². The molecule has 0 saturated heterocycles. The minimum atomic E-state index is -0.117. The highest BCUT2D eigenvalue weighted by Gasteiger charge is 2.09. The van der Waals surface area contributed by atoms with Gasteiger partial charge in [0.2, 0.25) is 11.9 Å². The van der Waals surface area contributed by atoms with E-state index in [1.807, 2.05) is 78.9 Å². The lowest BCUT2D eigenvalue weighted by molar-refractivity contribution is -0.114. The maximum absolute atomic E-state index is 11.3. The summed E-state index contributed by atoms with van der Waals surface area (Å²) in [7, 11) is 0. The van der Waals surface area contributed by atoms with E-state index in [1.54, 1.807) is 0 Å². The molecular formula is C22H19N5O. The molecule has 138 valence electrons. The zero-order valence-electron chi connectivity index (χ0n) is 15.3. The number of amides is 1. The molecular weight excluding hydrogens is 350 g/mol. The summed E-state index contributed by atoms with van der Waals surface area (Å²) in [6.07, 6.45) is 0. The zero-order chi connectivity index (χ0) is 19.3. The van der Waals surface area contributed by atoms with E-state index in [0.29, 0.717) is 11.6 Å². The van der Waals surface area contributed by atoms with Gasteiger partial charge in [0.15, 0.2) is 0 Å². The molecule has 1 aromatic heterocycles. The van der Waals surface area contributed by atoms with Crippen molar-refractivity contribution in [3.8, 4) is 0 Å². The van der Waals surface area contributed by atoms with E-state index in [1.165, 1.54) is 6.92 Å². The van der Waals surface area contributed by atoms with E-state index in [2.05, 4.69) is 25.9 Å². The fourth-order valence-corrected chi connectivity index (χ4v) is 2.89. The molecule has 0 bridgehead atoms. The second kappa shape index (κ2) is 7.75. The Kier molecular flexibility index (Phi) is 4.84. The molecule has 0 unspecified atom stereocenters. The molecule has 0 aliphatic rings. The van der Waals surface area contributed by atoms with Gasteiger partial charge in [0.25, 0.3) is 0 Å². The predicted molar refractivity (Wildman–Crippen MR) is 113 cm³/mol. The smallest absolute Gasteiger partial charge is 0.229 e. The minimum Gasteiger partial charge on any atom is -0.340 e. The Hall–Kier alpha value is -3.93. The largest absolute Gasteiger partial charge is 0.340 e. The Labute approximate surface area is 162 Å². The van der Waals surface area contributed by atoms with Crippen LogP contribution in [0.4, 0.5) is 28.8 Å². The van der Waals surface area contributed by atoms with E-state index < -0.39 is 0 Å². The first-order valence-corrected chi connectivity index (χ1v) is 8.91. The summed E-state index contributed by atoms with van der Waals surface area (Å²) in [5, 5.41) is 10.3. The lowest BCUT2D eigenvalue weighted by atomic mass is 10.2. The van der Waals surface area contributed by atoms with Crippen LogP contribution in [0, 0.1) is 0 Å². The van der Waals surface area contributed by atoms with Crippen molar-refractivity contribution in [2.24, 2.45) is 0 Å². The number of rotatable bonds is 5. The van der Waals surface area contributed by atoms with E-state index >= 15 is 0 Å². The third-order valence-electron chi connectivity index (χ3n) is 4.08. The van der Waals surface area contributed by atoms with E-state index in [4.69, 9.17) is 0 Å². The van der Waals surface area contributed by atoms with E-state index in [-0.39, 0.29) is 5.91 Å². The van der Waals surface area contributed by atoms with Crippen LogP contribution in [-0.2, 0) is 4.79 Å². The number of nitrogens with zero attached hydrogens (tertiary/aromatic N) is 2. The maximum Gasteiger partial charge on any atom is 0.229 e. The first kappa shape index (κ1) is 17.5. The molecule has 0 fully saturated rings. The minimum absolute atomic E-state index is 0.117. The first-order chi connectivity index (χ1) is 13.7. The van der Waals surface area contributed by atoms with Gasteiger partial charge in [-0.25, -0.2) is 4.98 Å². The average molecular weight is 369 g/mol. The summed E-state index contributed by atoms with van der Waals surface area (Å²) < 4.78 is 0. The molecule has 0 aliphatic carbocycles. The van der Waals surface area contributed by atoms with Crippen LogP contribution in [0.5, 0.6) is 0 Å². The zero-order valence-corrected chi connectivity index (χ0v) is 15.3. The number of para-hydroxylation sites is 2. The highest BCUT2D eigenvalue weighted by molar-refractivity contribution is 5.92. The number of anilines is 5. The van der Waals surface area contributed by atoms with Crippen LogP contribution < -0.4 is 16.0 Å². The second-order valence-corrected chi connectivity index (χ2v) is 6.29. The molecule has 3 aromatic carbocycles. The van der Waals surface area contributed by atoms with Gasteiger partial charge in [-0.15, -0.1) is 0 Å². The van der Waals surface area contributed by atoms with Crippen LogP contribution in [0.25, 0.3) is 10.9 Å². The molecule has 4 rings (SSSR count). The summed E-state index contributed by atoms with van der Waals surface area (Å²) in [5.74, 6) is 1.07. The number of fused-ring (bicyclic) bond motifs is 1. The number of hydrogen-bond acceptors (Lipinski definition) is 5. The van der Waals surface area contributed by atoms with Gasteiger partial charge in [0.1, 0.15) is 5.82 Å². The Bertz CT molecular complexity index is 1130. The molecule has 28 heavy (non-hydrogen) atoms. The van der Waals surface area contributed by atoms with Crippen molar-refractivity contribution in [1.29, 1.82) is 0 Å². The maximum atomic E-state index is 11.3. The molecule has 4 aromatic rings. The van der Waals surface area contributed by atoms with E-state index in [0.717, 1.165) is 28.1 Å². The van der Waals surface area contributed by atoms with Crippen molar-refractivity contribution >= 4 is 45.6 Å². The molecule has 0 aliphatic heterocycles. The Morgan fingerprint density at radius 3 is 2.29 bits per heavy atom. The predicted octanol–water partition coefficient (Wildman–Crippen LogP) is 5.08. The molecule has 6 heteroatoms. The van der Waals surface area contributed by atoms with Crippen molar-refractivity contribution in [3.63, 3.8) is 0 Å². The van der Waals surface area contributed by atoms with Crippen molar-refractivity contribution < 1.29 is 4.79 Å². The van der Waals surface area contributed by atoms with Crippen LogP contribution >= 0.6 is 0 Å². The summed E-state index contributed by atoms with van der Waals surface area (Å²) in [4.78, 5) is 20.6. The molecule has 0 saturated carbocycles. The van der Waals surface area contributed by atoms with E-state index in [9.17, 15) is 4.79 Å². The topological polar surface area (TPSA) is 78.9 Å². The normalized spacial score (nSPS) is 10.5. The fraction of sp³-hybridized carbons (Fsp3) is 0.0455. The standard InChI is InChI=1S/C22H19N5O/c1-15(28)23-17-10-7-11-18(14-17)25-22-26-20-13-6-5-12-19(20)21(27-22)24-16-8-3-2-4-9-16/h2-14H,1H3,(H,23,28)(H2,24,25,26,27). The fourth-order valence-electron chi connectivity index (χ4n) is 2.89. The molecule has 3 N–H and O–H groups in total. The third kappa shape index (κ3) is 4.07. The van der Waals surface area contributed by atoms with Gasteiger partial charge in [-0.05, 0) is 42.5 Å². The second-order valence-electron chi connectivity index (χ2n) is 6.29. The Morgan fingerprint density at radius 1 is 0.750 bits per heavy atom. The number of aromatic nitrogens is 2. The van der Waals surface area contributed by atoms with Crippen LogP contribution in [0.15, 0.2) is 78.9 Å². The van der Waals surface area contributed by atoms with Gasteiger partial charge in [0.05, 0.1) is 5.52 Å². The summed E-state index contributed by atoms with van der Waals surface area (Å²) in [6, 6.07) is 25.2. The van der Waals surface area contributed by atoms with Gasteiger partial charge in [0, 0.05) is 29.4 Å². The lowest BCUT2D eigenvalue weighted by Crippen LogP contribution is -2.06. The monoisotopic (exact) mass is 369 g/mol. The van der Waals surface area contributed by atoms with Crippen LogP contribution in [0.2, 0.25) is 0 Å². The SMILES string of the molecule is CC(=O)Nc1cccc(Nc2nc(Nc3ccccc3)c3ccccc3n2)c1. The molecule has 6 nitrogen and oxygen atoms in total. The average Bonchev–Trinajstić information content (AvgIpc) is 2.68. The molecule has 1 amide bonds. The van der Waals surface area contributed by atoms with Gasteiger partial charge < -0.3 is 16.0 Å². The van der Waals surface area contributed by atoms with Gasteiger partial charge in [-0.2, -0.15) is 4.98 Å². The van der Waals surface area contributed by atoms with Crippen LogP contribution in [0.3, 0.4) is 0 Å². The molecule has 1 heterocycles. The first-order valence-electron chi connectivity index (χ1n) is 8.91. The molecule has 0 atom stereocenters. The highest BCUT2D eigenvalue weighted by Crippen LogP contribution is 2.26. The summed E-state index contributed by atoms with van der Waals surface area (Å²) in [6.45, 7) is 1.48. The number of nitrogens with one attached hydrogen (secondary N) is 3. The lowest BCUT2D eigenvalue weighted by Gasteiger charge is -2.12. The summed E-state index contributed by atoms with van der Waals surface area (Å²) >= 11 is 0. The molecule has 0 spiro atoms. The quantitative estimate of drug-likeness (QED) is 0.457. The third-order valence-corrected chi connectivity index (χ3v) is 4.08. The number of carbonyl (C=O) groups excluding carboxylic acids is 1.